The molecule has 78 valence electrons. The van der Waals surface area contributed by atoms with Crippen LogP contribution in [0.3, 0.4) is 0 Å². The zero-order valence-corrected chi connectivity index (χ0v) is 9.49. The van der Waals surface area contributed by atoms with Gasteiger partial charge in [-0.15, -0.1) is 11.8 Å². The molecule has 0 aromatic heterocycles. The van der Waals surface area contributed by atoms with Crippen LogP contribution < -0.4 is 0 Å². The molecule has 2 rings (SSSR count). The number of hydrogen-bond donors (Lipinski definition) is 1. The lowest BCUT2D eigenvalue weighted by Gasteiger charge is -2.21. The fourth-order valence-corrected chi connectivity index (χ4v) is 5.41. The third kappa shape index (κ3) is 1.86. The van der Waals surface area contributed by atoms with Crippen molar-refractivity contribution in [3.63, 3.8) is 0 Å². The minimum absolute atomic E-state index is 0.0619. The number of hydrogen-bond acceptors (Lipinski definition) is 5. The number of carbonyl (C=O) groups excluding carboxylic acids is 1. The van der Waals surface area contributed by atoms with Crippen molar-refractivity contribution in [1.29, 1.82) is 0 Å². The van der Waals surface area contributed by atoms with E-state index < -0.39 is 10.1 Å². The Hall–Kier alpha value is 0.0200. The molecule has 2 aliphatic heterocycles. The van der Waals surface area contributed by atoms with E-state index in [1.165, 1.54) is 6.08 Å². The lowest BCUT2D eigenvalue weighted by Crippen LogP contribution is -2.24. The normalized spacial score (nSPS) is 32.6. The Morgan fingerprint density at radius 2 is 2.21 bits per heavy atom. The highest BCUT2D eigenvalue weighted by Crippen LogP contribution is 2.47. The molecule has 4 nitrogen and oxygen atoms in total. The van der Waals surface area contributed by atoms with Gasteiger partial charge in [-0.05, 0) is 6.08 Å². The first-order valence-corrected chi connectivity index (χ1v) is 7.35. The van der Waals surface area contributed by atoms with Crippen LogP contribution in [0.15, 0.2) is 10.3 Å². The Morgan fingerprint density at radius 1 is 1.50 bits per heavy atom. The van der Waals surface area contributed by atoms with E-state index in [9.17, 15) is 13.2 Å². The monoisotopic (exact) mass is 252 g/mol. The van der Waals surface area contributed by atoms with E-state index in [0.717, 1.165) is 17.5 Å². The van der Waals surface area contributed by atoms with Gasteiger partial charge in [0.15, 0.2) is 0 Å². The summed E-state index contributed by atoms with van der Waals surface area (Å²) in [6, 6.07) is 0. The van der Waals surface area contributed by atoms with Crippen molar-refractivity contribution in [2.75, 3.05) is 5.75 Å². The van der Waals surface area contributed by atoms with Gasteiger partial charge in [0.05, 0.1) is 10.5 Å². The molecule has 1 saturated heterocycles. The topological polar surface area (TPSA) is 71.4 Å². The maximum atomic E-state index is 11.4. The summed E-state index contributed by atoms with van der Waals surface area (Å²) in [4.78, 5) is 11.4. The molecular formula is C7H8O4S3. The molecule has 7 heteroatoms. The highest BCUT2D eigenvalue weighted by molar-refractivity contribution is 8.25. The van der Waals surface area contributed by atoms with Crippen molar-refractivity contribution in [2.45, 2.75) is 11.0 Å². The minimum Gasteiger partial charge on any atom is -0.299 e. The summed E-state index contributed by atoms with van der Waals surface area (Å²) in [5, 5.41) is 0. The molecule has 1 fully saturated rings. The molecule has 14 heavy (non-hydrogen) atoms. The van der Waals surface area contributed by atoms with E-state index in [0.29, 0.717) is 6.42 Å². The maximum Gasteiger partial charge on any atom is 0.300 e. The number of fused-ring (bicyclic) bond motifs is 1. The lowest BCUT2D eigenvalue weighted by atomic mass is 10.0. The first-order chi connectivity index (χ1) is 6.48. The second-order valence-electron chi connectivity index (χ2n) is 3.06. The fraction of sp³-hybridized carbons (Fsp3) is 0.571. The number of carbonyl (C=O) groups is 1. The summed E-state index contributed by atoms with van der Waals surface area (Å²) in [5.41, 5.74) is 0. The van der Waals surface area contributed by atoms with Crippen LogP contribution in [0, 0.1) is 5.92 Å². The van der Waals surface area contributed by atoms with Crippen molar-refractivity contribution < 1.29 is 17.8 Å². The molecule has 2 atom stereocenters. The smallest absolute Gasteiger partial charge is 0.299 e. The quantitative estimate of drug-likeness (QED) is 0.705. The Bertz CT molecular complexity index is 397. The summed E-state index contributed by atoms with van der Waals surface area (Å²) >= 11 is 2.64. The summed E-state index contributed by atoms with van der Waals surface area (Å²) in [5.74, 6) is 0.468. The van der Waals surface area contributed by atoms with Crippen LogP contribution in [-0.4, -0.2) is 29.1 Å². The molecule has 0 saturated carbocycles. The molecule has 0 amide bonds. The van der Waals surface area contributed by atoms with Gasteiger partial charge in [0.2, 0.25) is 0 Å². The van der Waals surface area contributed by atoms with Gasteiger partial charge < -0.3 is 0 Å². The van der Waals surface area contributed by atoms with Crippen molar-refractivity contribution in [3.8, 4) is 0 Å². The van der Waals surface area contributed by atoms with Gasteiger partial charge >= 0.3 is 0 Å². The van der Waals surface area contributed by atoms with Crippen LogP contribution >= 0.6 is 23.5 Å². The predicted molar refractivity (Wildman–Crippen MR) is 56.6 cm³/mol. The van der Waals surface area contributed by atoms with Gasteiger partial charge in [-0.3, -0.25) is 9.35 Å². The molecule has 0 radical (unpaired) electrons. The van der Waals surface area contributed by atoms with Crippen molar-refractivity contribution in [2.24, 2.45) is 5.92 Å². The molecule has 0 spiro atoms. The number of Topliss-reactive ketones (excluding diaryl/α,β-unsaturated/α-hetero) is 1. The van der Waals surface area contributed by atoms with Crippen LogP contribution in [0.25, 0.3) is 0 Å². The number of allylic oxidation sites excluding steroid dienone is 1. The molecular weight excluding hydrogens is 244 g/mol. The van der Waals surface area contributed by atoms with Crippen LogP contribution in [0.5, 0.6) is 0 Å². The van der Waals surface area contributed by atoms with Crippen molar-refractivity contribution >= 4 is 39.4 Å². The standard InChI is InChI=1S/C7H8O4S3/c8-5-1-2-12-7-4(5)3-6(13-7)14(9,10)11/h3-4,7H,1-2H2,(H,9,10,11). The van der Waals surface area contributed by atoms with Crippen molar-refractivity contribution in [1.82, 2.24) is 0 Å². The summed E-state index contributed by atoms with van der Waals surface area (Å²) in [6.45, 7) is 0. The molecule has 0 bridgehead atoms. The zero-order valence-electron chi connectivity index (χ0n) is 7.04. The second kappa shape index (κ2) is 3.55. The summed E-state index contributed by atoms with van der Waals surface area (Å²) in [7, 11) is -4.13. The first-order valence-electron chi connectivity index (χ1n) is 3.99. The molecule has 0 aromatic carbocycles. The number of thioether (sulfide) groups is 2. The third-order valence-electron chi connectivity index (χ3n) is 2.10. The van der Waals surface area contributed by atoms with Gasteiger partial charge in [0.1, 0.15) is 10.0 Å². The molecule has 0 aromatic rings. The van der Waals surface area contributed by atoms with E-state index in [4.69, 9.17) is 4.55 Å². The SMILES string of the molecule is O=C1CCSC2SC(S(=O)(=O)O)=CC12. The highest BCUT2D eigenvalue weighted by Gasteiger charge is 2.39. The molecule has 0 aliphatic carbocycles. The second-order valence-corrected chi connectivity index (χ2v) is 7.44. The Labute approximate surface area is 90.3 Å². The van der Waals surface area contributed by atoms with E-state index in [1.807, 2.05) is 0 Å². The number of ketones is 1. The summed E-state index contributed by atoms with van der Waals surface area (Å²) < 4.78 is 30.3. The molecule has 1 N–H and O–H groups in total. The van der Waals surface area contributed by atoms with Crippen LogP contribution in [0.2, 0.25) is 0 Å². The molecule has 2 heterocycles. The van der Waals surface area contributed by atoms with Gasteiger partial charge in [-0.1, -0.05) is 11.8 Å². The lowest BCUT2D eigenvalue weighted by molar-refractivity contribution is -0.120. The van der Waals surface area contributed by atoms with Crippen molar-refractivity contribution in [3.05, 3.63) is 10.3 Å². The number of rotatable bonds is 1. The van der Waals surface area contributed by atoms with Gasteiger partial charge in [0.25, 0.3) is 10.1 Å². The van der Waals surface area contributed by atoms with Gasteiger partial charge in [-0.2, -0.15) is 8.42 Å². The van der Waals surface area contributed by atoms with E-state index in [-0.39, 0.29) is 20.5 Å². The van der Waals surface area contributed by atoms with E-state index >= 15 is 0 Å². The summed E-state index contributed by atoms with van der Waals surface area (Å²) in [6.07, 6.45) is 1.86. The molecule has 2 aliphatic rings. The van der Waals surface area contributed by atoms with E-state index in [2.05, 4.69) is 0 Å². The highest BCUT2D eigenvalue weighted by atomic mass is 32.3. The first kappa shape index (κ1) is 10.5. The predicted octanol–water partition coefficient (Wildman–Crippen LogP) is 1.11. The third-order valence-corrected chi connectivity index (χ3v) is 6.32. The van der Waals surface area contributed by atoms with Gasteiger partial charge in [-0.25, -0.2) is 0 Å². The molecule has 2 unspecified atom stereocenters. The average molecular weight is 252 g/mol. The Morgan fingerprint density at radius 3 is 2.79 bits per heavy atom. The average Bonchev–Trinajstić information content (AvgIpc) is 2.48. The minimum atomic E-state index is -4.13. The fourth-order valence-electron chi connectivity index (χ4n) is 1.42. The van der Waals surface area contributed by atoms with Crippen LogP contribution in [-0.2, 0) is 14.9 Å². The Balaban J connectivity index is 2.28. The van der Waals surface area contributed by atoms with Crippen LogP contribution in [0.4, 0.5) is 0 Å². The van der Waals surface area contributed by atoms with Gasteiger partial charge in [0, 0.05) is 12.2 Å². The Kier molecular flexibility index (Phi) is 2.67. The zero-order chi connectivity index (χ0) is 10.3. The van der Waals surface area contributed by atoms with E-state index in [1.54, 1.807) is 11.8 Å². The van der Waals surface area contributed by atoms with Crippen LogP contribution in [0.1, 0.15) is 6.42 Å². The largest absolute Gasteiger partial charge is 0.300 e. The maximum absolute atomic E-state index is 11.4.